The number of aromatic nitrogens is 2. The van der Waals surface area contributed by atoms with Crippen molar-refractivity contribution in [1.82, 2.24) is 20.2 Å². The highest BCUT2D eigenvalue weighted by Gasteiger charge is 2.04. The summed E-state index contributed by atoms with van der Waals surface area (Å²) in [5, 5.41) is 6.59. The van der Waals surface area contributed by atoms with Gasteiger partial charge in [-0.15, -0.1) is 0 Å². The molecular weight excluding hydrogens is 250 g/mol. The SMILES string of the molecule is CCCNC(=NC)NCc1ccccc1-n1ccnc1. The molecule has 0 unspecified atom stereocenters. The summed E-state index contributed by atoms with van der Waals surface area (Å²) in [7, 11) is 1.78. The molecule has 0 radical (unpaired) electrons. The molecule has 0 aliphatic carbocycles. The quantitative estimate of drug-likeness (QED) is 0.645. The molecule has 0 amide bonds. The maximum Gasteiger partial charge on any atom is 0.191 e. The second-order valence-electron chi connectivity index (χ2n) is 4.45. The molecule has 0 aliphatic heterocycles. The Balaban J connectivity index is 2.06. The summed E-state index contributed by atoms with van der Waals surface area (Å²) in [5.41, 5.74) is 2.33. The molecule has 0 aliphatic rings. The number of nitrogens with one attached hydrogen (secondary N) is 2. The molecule has 1 heterocycles. The predicted octanol–water partition coefficient (Wildman–Crippen LogP) is 1.95. The molecule has 5 heteroatoms. The molecule has 1 aromatic heterocycles. The van der Waals surface area contributed by atoms with Crippen LogP contribution in [0.3, 0.4) is 0 Å². The third-order valence-corrected chi connectivity index (χ3v) is 2.99. The van der Waals surface area contributed by atoms with Crippen LogP contribution in [-0.2, 0) is 6.54 Å². The van der Waals surface area contributed by atoms with Gasteiger partial charge in [-0.05, 0) is 18.1 Å². The van der Waals surface area contributed by atoms with E-state index >= 15 is 0 Å². The first-order valence-electron chi connectivity index (χ1n) is 6.86. The van der Waals surface area contributed by atoms with Gasteiger partial charge < -0.3 is 15.2 Å². The predicted molar refractivity (Wildman–Crippen MR) is 82.1 cm³/mol. The number of guanidine groups is 1. The van der Waals surface area contributed by atoms with E-state index in [1.54, 1.807) is 13.2 Å². The van der Waals surface area contributed by atoms with E-state index in [4.69, 9.17) is 0 Å². The van der Waals surface area contributed by atoms with E-state index in [-0.39, 0.29) is 0 Å². The maximum atomic E-state index is 4.21. The van der Waals surface area contributed by atoms with Crippen LogP contribution < -0.4 is 10.6 Å². The van der Waals surface area contributed by atoms with Crippen molar-refractivity contribution in [2.24, 2.45) is 4.99 Å². The number of rotatable bonds is 5. The monoisotopic (exact) mass is 271 g/mol. The Kier molecular flexibility index (Phi) is 5.17. The van der Waals surface area contributed by atoms with Crippen molar-refractivity contribution >= 4 is 5.96 Å². The number of hydrogen-bond donors (Lipinski definition) is 2. The molecule has 0 atom stereocenters. The van der Waals surface area contributed by atoms with Gasteiger partial charge >= 0.3 is 0 Å². The minimum absolute atomic E-state index is 0.720. The lowest BCUT2D eigenvalue weighted by atomic mass is 10.1. The Labute approximate surface area is 119 Å². The van der Waals surface area contributed by atoms with Crippen LogP contribution in [0.25, 0.3) is 5.69 Å². The zero-order chi connectivity index (χ0) is 14.2. The van der Waals surface area contributed by atoms with Crippen molar-refractivity contribution in [1.29, 1.82) is 0 Å². The Hall–Kier alpha value is -2.30. The summed E-state index contributed by atoms with van der Waals surface area (Å²) >= 11 is 0. The van der Waals surface area contributed by atoms with E-state index in [1.807, 2.05) is 29.2 Å². The van der Waals surface area contributed by atoms with Crippen LogP contribution in [0.4, 0.5) is 0 Å². The fraction of sp³-hybridized carbons (Fsp3) is 0.333. The molecule has 1 aromatic carbocycles. The van der Waals surface area contributed by atoms with E-state index < -0.39 is 0 Å². The number of hydrogen-bond acceptors (Lipinski definition) is 2. The van der Waals surface area contributed by atoms with Crippen LogP contribution in [0.15, 0.2) is 48.0 Å². The first-order valence-corrected chi connectivity index (χ1v) is 6.86. The molecule has 2 rings (SSSR count). The molecule has 5 nitrogen and oxygen atoms in total. The van der Waals surface area contributed by atoms with E-state index in [1.165, 1.54) is 5.56 Å². The van der Waals surface area contributed by atoms with Gasteiger partial charge in [0.2, 0.25) is 0 Å². The third kappa shape index (κ3) is 3.60. The highest BCUT2D eigenvalue weighted by atomic mass is 15.2. The number of benzene rings is 1. The second-order valence-corrected chi connectivity index (χ2v) is 4.45. The van der Waals surface area contributed by atoms with Gasteiger partial charge in [-0.2, -0.15) is 0 Å². The molecule has 0 saturated heterocycles. The zero-order valence-corrected chi connectivity index (χ0v) is 12.0. The van der Waals surface area contributed by atoms with Crippen LogP contribution in [0.2, 0.25) is 0 Å². The molecule has 0 fully saturated rings. The fourth-order valence-corrected chi connectivity index (χ4v) is 1.96. The van der Waals surface area contributed by atoms with Crippen molar-refractivity contribution in [2.45, 2.75) is 19.9 Å². The Morgan fingerprint density at radius 3 is 2.85 bits per heavy atom. The molecule has 2 aromatic rings. The molecule has 20 heavy (non-hydrogen) atoms. The van der Waals surface area contributed by atoms with Crippen molar-refractivity contribution in [3.8, 4) is 5.69 Å². The first-order chi connectivity index (χ1) is 9.85. The lowest BCUT2D eigenvalue weighted by molar-refractivity contribution is 0.779. The zero-order valence-electron chi connectivity index (χ0n) is 12.0. The van der Waals surface area contributed by atoms with Crippen molar-refractivity contribution in [2.75, 3.05) is 13.6 Å². The fourth-order valence-electron chi connectivity index (χ4n) is 1.96. The molecule has 0 saturated carbocycles. The van der Waals surface area contributed by atoms with Crippen LogP contribution in [0.5, 0.6) is 0 Å². The largest absolute Gasteiger partial charge is 0.356 e. The van der Waals surface area contributed by atoms with Gasteiger partial charge in [0.25, 0.3) is 0 Å². The number of nitrogens with zero attached hydrogens (tertiary/aromatic N) is 3. The standard InChI is InChI=1S/C15H21N5/c1-3-8-18-15(16-2)19-11-13-6-4-5-7-14(13)20-10-9-17-12-20/h4-7,9-10,12H,3,8,11H2,1-2H3,(H2,16,18,19). The molecule has 0 spiro atoms. The average molecular weight is 271 g/mol. The van der Waals surface area contributed by atoms with Gasteiger partial charge in [-0.25, -0.2) is 4.98 Å². The van der Waals surface area contributed by atoms with E-state index in [0.29, 0.717) is 0 Å². The van der Waals surface area contributed by atoms with Crippen molar-refractivity contribution in [3.63, 3.8) is 0 Å². The molecule has 2 N–H and O–H groups in total. The first kappa shape index (κ1) is 14.1. The van der Waals surface area contributed by atoms with Gasteiger partial charge in [0.15, 0.2) is 5.96 Å². The minimum atomic E-state index is 0.720. The summed E-state index contributed by atoms with van der Waals surface area (Å²) in [4.78, 5) is 8.31. The second kappa shape index (κ2) is 7.33. The van der Waals surface area contributed by atoms with Crippen molar-refractivity contribution < 1.29 is 0 Å². The molecule has 0 bridgehead atoms. The maximum absolute atomic E-state index is 4.21. The highest BCUT2D eigenvalue weighted by Crippen LogP contribution is 2.13. The van der Waals surface area contributed by atoms with E-state index in [2.05, 4.69) is 39.7 Å². The summed E-state index contributed by atoms with van der Waals surface area (Å²) in [6.07, 6.45) is 6.62. The average Bonchev–Trinajstić information content (AvgIpc) is 3.02. The van der Waals surface area contributed by atoms with Gasteiger partial charge in [0.05, 0.1) is 12.0 Å². The summed E-state index contributed by atoms with van der Waals surface area (Å²) < 4.78 is 2.01. The van der Waals surface area contributed by atoms with Crippen LogP contribution >= 0.6 is 0 Å². The Morgan fingerprint density at radius 1 is 1.30 bits per heavy atom. The normalized spacial score (nSPS) is 11.4. The van der Waals surface area contributed by atoms with Crippen LogP contribution in [0.1, 0.15) is 18.9 Å². The Bertz CT molecular complexity index is 545. The summed E-state index contributed by atoms with van der Waals surface area (Å²) in [6, 6.07) is 8.26. The number of imidazole rings is 1. The lowest BCUT2D eigenvalue weighted by Crippen LogP contribution is -2.37. The van der Waals surface area contributed by atoms with Gasteiger partial charge in [0.1, 0.15) is 0 Å². The highest BCUT2D eigenvalue weighted by molar-refractivity contribution is 5.79. The van der Waals surface area contributed by atoms with Gasteiger partial charge in [0, 0.05) is 32.5 Å². The van der Waals surface area contributed by atoms with Crippen LogP contribution in [0, 0.1) is 0 Å². The third-order valence-electron chi connectivity index (χ3n) is 2.99. The topological polar surface area (TPSA) is 54.2 Å². The van der Waals surface area contributed by atoms with Crippen LogP contribution in [-0.4, -0.2) is 29.1 Å². The minimum Gasteiger partial charge on any atom is -0.356 e. The van der Waals surface area contributed by atoms with Gasteiger partial charge in [-0.3, -0.25) is 4.99 Å². The molecule has 106 valence electrons. The van der Waals surface area contributed by atoms with Gasteiger partial charge in [-0.1, -0.05) is 25.1 Å². The number of para-hydroxylation sites is 1. The lowest BCUT2D eigenvalue weighted by Gasteiger charge is -2.14. The summed E-state index contributed by atoms with van der Waals surface area (Å²) in [5.74, 6) is 0.826. The molecular formula is C15H21N5. The van der Waals surface area contributed by atoms with E-state index in [0.717, 1.165) is 31.2 Å². The van der Waals surface area contributed by atoms with Crippen molar-refractivity contribution in [3.05, 3.63) is 48.5 Å². The summed E-state index contributed by atoms with van der Waals surface area (Å²) in [6.45, 7) is 3.77. The number of aliphatic imine (C=N–C) groups is 1. The smallest absolute Gasteiger partial charge is 0.191 e. The Morgan fingerprint density at radius 2 is 2.15 bits per heavy atom. The van der Waals surface area contributed by atoms with E-state index in [9.17, 15) is 0 Å².